The van der Waals surface area contributed by atoms with Crippen molar-refractivity contribution in [2.75, 3.05) is 19.8 Å². The van der Waals surface area contributed by atoms with Crippen LogP contribution in [0, 0.1) is 0 Å². The first kappa shape index (κ1) is 18.7. The molecule has 1 amide bonds. The van der Waals surface area contributed by atoms with E-state index < -0.39 is 0 Å². The fourth-order valence-electron chi connectivity index (χ4n) is 2.84. The monoisotopic (exact) mass is 395 g/mol. The van der Waals surface area contributed by atoms with Crippen molar-refractivity contribution < 1.29 is 19.0 Å². The number of rotatable bonds is 8. The Morgan fingerprint density at radius 3 is 3.00 bits per heavy atom. The lowest BCUT2D eigenvalue weighted by molar-refractivity contribution is 0.0754. The van der Waals surface area contributed by atoms with Crippen LogP contribution in [0.2, 0.25) is 0 Å². The third-order valence-electron chi connectivity index (χ3n) is 4.24. The van der Waals surface area contributed by atoms with Gasteiger partial charge in [-0.3, -0.25) is 9.78 Å². The number of carbonyl (C=O) groups is 1. The molecule has 9 nitrogen and oxygen atoms in total. The molecule has 0 aliphatic carbocycles. The van der Waals surface area contributed by atoms with Gasteiger partial charge < -0.3 is 19.5 Å². The number of amides is 1. The number of carbonyl (C=O) groups excluding carboxylic acids is 1. The summed E-state index contributed by atoms with van der Waals surface area (Å²) in [6.07, 6.45) is 5.41. The molecule has 150 valence electrons. The van der Waals surface area contributed by atoms with E-state index >= 15 is 0 Å². The van der Waals surface area contributed by atoms with E-state index in [0.717, 1.165) is 5.75 Å². The molecule has 0 bridgehead atoms. The molecular weight excluding hydrogens is 374 g/mol. The van der Waals surface area contributed by atoms with Gasteiger partial charge in [-0.2, -0.15) is 0 Å². The molecule has 0 saturated heterocycles. The van der Waals surface area contributed by atoms with Gasteiger partial charge in [0.25, 0.3) is 5.91 Å². The molecule has 2 aromatic heterocycles. The second kappa shape index (κ2) is 9.05. The largest absolute Gasteiger partial charge is 0.492 e. The van der Waals surface area contributed by atoms with Crippen LogP contribution in [0.25, 0.3) is 0 Å². The summed E-state index contributed by atoms with van der Waals surface area (Å²) in [4.78, 5) is 16.2. The maximum Gasteiger partial charge on any atom is 0.273 e. The average Bonchev–Trinajstić information content (AvgIpc) is 3.22. The lowest BCUT2D eigenvalue weighted by atomic mass is 10.2. The highest BCUT2D eigenvalue weighted by atomic mass is 16.6. The SMILES string of the molecule is O=C(NCCCOc1cccnc1)c1cn(CC2COc3ccccc3O2)nn1. The van der Waals surface area contributed by atoms with Crippen molar-refractivity contribution in [1.82, 2.24) is 25.3 Å². The molecule has 1 atom stereocenters. The molecule has 0 saturated carbocycles. The van der Waals surface area contributed by atoms with Gasteiger partial charge in [0.05, 0.1) is 25.5 Å². The number of nitrogens with one attached hydrogen (secondary N) is 1. The Kier molecular flexibility index (Phi) is 5.84. The zero-order valence-electron chi connectivity index (χ0n) is 15.7. The van der Waals surface area contributed by atoms with E-state index in [2.05, 4.69) is 20.6 Å². The summed E-state index contributed by atoms with van der Waals surface area (Å²) < 4.78 is 18.7. The zero-order valence-corrected chi connectivity index (χ0v) is 15.7. The van der Waals surface area contributed by atoms with Crippen LogP contribution in [0.15, 0.2) is 55.0 Å². The van der Waals surface area contributed by atoms with E-state index in [1.807, 2.05) is 36.4 Å². The van der Waals surface area contributed by atoms with Crippen molar-refractivity contribution in [3.63, 3.8) is 0 Å². The summed E-state index contributed by atoms with van der Waals surface area (Å²) in [7, 11) is 0. The Bertz CT molecular complexity index is 947. The molecule has 1 aliphatic heterocycles. The van der Waals surface area contributed by atoms with Gasteiger partial charge in [0.15, 0.2) is 23.3 Å². The summed E-state index contributed by atoms with van der Waals surface area (Å²) in [6.45, 7) is 1.81. The van der Waals surface area contributed by atoms with Crippen LogP contribution < -0.4 is 19.5 Å². The Morgan fingerprint density at radius 2 is 2.14 bits per heavy atom. The third-order valence-corrected chi connectivity index (χ3v) is 4.24. The van der Waals surface area contributed by atoms with Gasteiger partial charge in [0, 0.05) is 12.7 Å². The Labute approximate surface area is 167 Å². The van der Waals surface area contributed by atoms with E-state index in [1.54, 1.807) is 23.3 Å². The number of ether oxygens (including phenoxy) is 3. The molecule has 0 radical (unpaired) electrons. The number of fused-ring (bicyclic) bond motifs is 1. The molecule has 0 fully saturated rings. The number of pyridine rings is 1. The number of hydrogen-bond donors (Lipinski definition) is 1. The Hall–Kier alpha value is -3.62. The molecule has 1 aromatic carbocycles. The number of hydrogen-bond acceptors (Lipinski definition) is 7. The van der Waals surface area contributed by atoms with Gasteiger partial charge in [0.2, 0.25) is 0 Å². The Balaban J connectivity index is 1.20. The maximum atomic E-state index is 12.2. The predicted octanol–water partition coefficient (Wildman–Crippen LogP) is 1.71. The molecular formula is C20H21N5O4. The van der Waals surface area contributed by atoms with Gasteiger partial charge in [-0.25, -0.2) is 4.68 Å². The van der Waals surface area contributed by atoms with Crippen molar-refractivity contribution in [3.05, 3.63) is 60.7 Å². The second-order valence-corrected chi connectivity index (χ2v) is 6.47. The van der Waals surface area contributed by atoms with Gasteiger partial charge in [-0.1, -0.05) is 17.3 Å². The first-order valence-electron chi connectivity index (χ1n) is 9.37. The average molecular weight is 395 g/mol. The van der Waals surface area contributed by atoms with E-state index in [-0.39, 0.29) is 17.7 Å². The fourth-order valence-corrected chi connectivity index (χ4v) is 2.84. The van der Waals surface area contributed by atoms with Crippen LogP contribution >= 0.6 is 0 Å². The molecule has 3 aromatic rings. The van der Waals surface area contributed by atoms with Crippen LogP contribution in [-0.2, 0) is 6.54 Å². The van der Waals surface area contributed by atoms with Gasteiger partial charge in [-0.05, 0) is 30.7 Å². The van der Waals surface area contributed by atoms with Crippen LogP contribution in [0.1, 0.15) is 16.9 Å². The molecule has 4 rings (SSSR count). The molecule has 0 spiro atoms. The van der Waals surface area contributed by atoms with Gasteiger partial charge in [0.1, 0.15) is 12.4 Å². The summed E-state index contributed by atoms with van der Waals surface area (Å²) in [5.41, 5.74) is 0.260. The zero-order chi connectivity index (χ0) is 19.9. The van der Waals surface area contributed by atoms with E-state index in [9.17, 15) is 4.79 Å². The lowest BCUT2D eigenvalue weighted by Gasteiger charge is -2.26. The summed E-state index contributed by atoms with van der Waals surface area (Å²) in [6, 6.07) is 11.2. The number of benzene rings is 1. The van der Waals surface area contributed by atoms with Crippen LogP contribution in [0.3, 0.4) is 0 Å². The number of nitrogens with zero attached hydrogens (tertiary/aromatic N) is 4. The van der Waals surface area contributed by atoms with Crippen LogP contribution in [0.4, 0.5) is 0 Å². The molecule has 29 heavy (non-hydrogen) atoms. The maximum absolute atomic E-state index is 12.2. The van der Waals surface area contributed by atoms with E-state index in [1.165, 1.54) is 0 Å². The van der Waals surface area contributed by atoms with Crippen LogP contribution in [-0.4, -0.2) is 51.7 Å². The molecule has 3 heterocycles. The van der Waals surface area contributed by atoms with Gasteiger partial charge in [-0.15, -0.1) is 5.10 Å². The first-order chi connectivity index (χ1) is 14.3. The minimum Gasteiger partial charge on any atom is -0.492 e. The van der Waals surface area contributed by atoms with Crippen molar-refractivity contribution in [3.8, 4) is 17.2 Å². The van der Waals surface area contributed by atoms with E-state index in [0.29, 0.717) is 44.2 Å². The normalized spacial score (nSPS) is 15.0. The summed E-state index contributed by atoms with van der Waals surface area (Å²) in [5, 5.41) is 10.8. The first-order valence-corrected chi connectivity index (χ1v) is 9.37. The van der Waals surface area contributed by atoms with Crippen molar-refractivity contribution in [2.24, 2.45) is 0 Å². The second-order valence-electron chi connectivity index (χ2n) is 6.47. The lowest BCUT2D eigenvalue weighted by Crippen LogP contribution is -2.33. The third kappa shape index (κ3) is 5.01. The van der Waals surface area contributed by atoms with Crippen molar-refractivity contribution >= 4 is 5.91 Å². The number of para-hydroxylation sites is 2. The molecule has 1 N–H and O–H groups in total. The molecule has 1 unspecified atom stereocenters. The van der Waals surface area contributed by atoms with E-state index in [4.69, 9.17) is 14.2 Å². The minimum absolute atomic E-state index is 0.202. The van der Waals surface area contributed by atoms with Crippen molar-refractivity contribution in [1.29, 1.82) is 0 Å². The predicted molar refractivity (Wildman–Crippen MR) is 103 cm³/mol. The quantitative estimate of drug-likeness (QED) is 0.580. The minimum atomic E-state index is -0.274. The van der Waals surface area contributed by atoms with Crippen molar-refractivity contribution in [2.45, 2.75) is 19.1 Å². The molecule has 9 heteroatoms. The standard InChI is InChI=1S/C20H21N5O4/c26-20(22-9-4-10-27-15-5-3-8-21-11-15)17-13-25(24-23-17)12-16-14-28-18-6-1-2-7-19(18)29-16/h1-3,5-8,11,13,16H,4,9-10,12,14H2,(H,22,26). The fraction of sp³-hybridized carbons (Fsp3) is 0.300. The highest BCUT2D eigenvalue weighted by Gasteiger charge is 2.22. The smallest absolute Gasteiger partial charge is 0.273 e. The molecule has 1 aliphatic rings. The summed E-state index contributed by atoms with van der Waals surface area (Å²) >= 11 is 0. The highest BCUT2D eigenvalue weighted by molar-refractivity contribution is 5.91. The summed E-state index contributed by atoms with van der Waals surface area (Å²) in [5.74, 6) is 1.87. The Morgan fingerprint density at radius 1 is 1.24 bits per heavy atom. The topological polar surface area (TPSA) is 100 Å². The highest BCUT2D eigenvalue weighted by Crippen LogP contribution is 2.31. The van der Waals surface area contributed by atoms with Gasteiger partial charge >= 0.3 is 0 Å². The van der Waals surface area contributed by atoms with Crippen LogP contribution in [0.5, 0.6) is 17.2 Å². The number of aromatic nitrogens is 4.